The molecule has 0 aliphatic rings. The van der Waals surface area contributed by atoms with Crippen molar-refractivity contribution in [2.45, 2.75) is 13.8 Å². The Bertz CT molecular complexity index is 77.5. The van der Waals surface area contributed by atoms with Crippen molar-refractivity contribution in [2.24, 2.45) is 0 Å². The van der Waals surface area contributed by atoms with Gasteiger partial charge in [-0.3, -0.25) is 0 Å². The minimum atomic E-state index is -1.36. The lowest BCUT2D eigenvalue weighted by molar-refractivity contribution is 0.163. The highest BCUT2D eigenvalue weighted by Gasteiger charge is 2.10. The van der Waals surface area contributed by atoms with E-state index in [1.807, 2.05) is 13.8 Å². The molecule has 0 aromatic carbocycles. The van der Waals surface area contributed by atoms with E-state index in [0.717, 1.165) is 0 Å². The Hall–Kier alpha value is 0.194. The van der Waals surface area contributed by atoms with Crippen LogP contribution in [0.25, 0.3) is 0 Å². The van der Waals surface area contributed by atoms with Crippen LogP contribution in [0.3, 0.4) is 0 Å². The van der Waals surface area contributed by atoms with Crippen LogP contribution in [0, 0.1) is 0 Å². The summed E-state index contributed by atoms with van der Waals surface area (Å²) in [6.07, 6.45) is 0. The molecule has 0 bridgehead atoms. The van der Waals surface area contributed by atoms with E-state index in [2.05, 4.69) is 0 Å². The zero-order valence-electron chi connectivity index (χ0n) is 11.4. The summed E-state index contributed by atoms with van der Waals surface area (Å²) in [7, 11) is 6.62. The Morgan fingerprint density at radius 2 is 0.562 bits per heavy atom. The second-order valence-corrected chi connectivity index (χ2v) is 5.17. The van der Waals surface area contributed by atoms with Crippen LogP contribution in [-0.4, -0.2) is 61.7 Å². The normalized spacial score (nSPS) is 9.38. The highest BCUT2D eigenvalue weighted by atomic mass is 28.3. The van der Waals surface area contributed by atoms with Crippen LogP contribution in [0.5, 0.6) is 0 Å². The Balaban J connectivity index is -0.000000183. The van der Waals surface area contributed by atoms with Gasteiger partial charge in [-0.15, -0.1) is 0 Å². The van der Waals surface area contributed by atoms with Gasteiger partial charge in [0.25, 0.3) is 0 Å². The van der Waals surface area contributed by atoms with Crippen molar-refractivity contribution in [3.8, 4) is 0 Å². The topological polar surface area (TPSA) is 55.4 Å². The monoisotopic (exact) mass is 272 g/mol. The van der Waals surface area contributed by atoms with Gasteiger partial charge in [0, 0.05) is 42.7 Å². The van der Waals surface area contributed by atoms with E-state index in [-0.39, 0.29) is 0 Å². The van der Waals surface area contributed by atoms with E-state index >= 15 is 0 Å². The summed E-state index contributed by atoms with van der Waals surface area (Å²) >= 11 is 0. The summed E-state index contributed by atoms with van der Waals surface area (Å²) in [4.78, 5) is 0. The summed E-state index contributed by atoms with van der Waals surface area (Å²) in [5, 5.41) is 0. The molecule has 0 fully saturated rings. The molecule has 0 N–H and O–H groups in total. The first-order valence-corrected chi connectivity index (χ1v) is 7.12. The van der Waals surface area contributed by atoms with E-state index < -0.39 is 19.1 Å². The Morgan fingerprint density at radius 3 is 0.562 bits per heavy atom. The van der Waals surface area contributed by atoms with Gasteiger partial charge in [0.05, 0.1) is 0 Å². The highest BCUT2D eigenvalue weighted by Crippen LogP contribution is 1.81. The van der Waals surface area contributed by atoms with Crippen LogP contribution in [0.4, 0.5) is 0 Å². The van der Waals surface area contributed by atoms with Gasteiger partial charge in [-0.05, 0) is 0 Å². The first kappa shape index (κ1) is 21.5. The van der Waals surface area contributed by atoms with Gasteiger partial charge in [0.1, 0.15) is 0 Å². The third-order valence-electron chi connectivity index (χ3n) is 1.00. The molecule has 0 spiro atoms. The predicted molar refractivity (Wildman–Crippen MR) is 64.9 cm³/mol. The average Bonchev–Trinajstić information content (AvgIpc) is 2.37. The van der Waals surface area contributed by atoms with Gasteiger partial charge in [0.2, 0.25) is 0 Å². The van der Waals surface area contributed by atoms with Crippen LogP contribution in [-0.2, 0) is 26.6 Å². The summed E-state index contributed by atoms with van der Waals surface area (Å²) in [5.74, 6) is 0. The SMILES string of the molecule is CC.CO[Si](OC)OC.CO[Si](OC)OC. The zero-order chi connectivity index (χ0) is 13.4. The smallest absolute Gasteiger partial charge is 0.375 e. The first-order chi connectivity index (χ1) is 7.69. The molecule has 0 rings (SSSR count). The molecule has 0 aliphatic heterocycles. The van der Waals surface area contributed by atoms with Gasteiger partial charge >= 0.3 is 19.1 Å². The molecule has 6 nitrogen and oxygen atoms in total. The van der Waals surface area contributed by atoms with E-state index in [9.17, 15) is 0 Å². The first-order valence-electron chi connectivity index (χ1n) is 4.67. The summed E-state index contributed by atoms with van der Waals surface area (Å²) < 4.78 is 28.2. The van der Waals surface area contributed by atoms with E-state index in [1.54, 1.807) is 42.7 Å². The lowest BCUT2D eigenvalue weighted by Crippen LogP contribution is -2.21. The van der Waals surface area contributed by atoms with Crippen LogP contribution < -0.4 is 0 Å². The Morgan fingerprint density at radius 1 is 0.438 bits per heavy atom. The van der Waals surface area contributed by atoms with Crippen molar-refractivity contribution in [2.75, 3.05) is 42.7 Å². The molecule has 0 aliphatic carbocycles. The molecule has 8 heteroatoms. The van der Waals surface area contributed by atoms with Gasteiger partial charge < -0.3 is 26.6 Å². The maximum atomic E-state index is 4.71. The van der Waals surface area contributed by atoms with E-state index in [0.29, 0.717) is 0 Å². The predicted octanol–water partition coefficient (Wildman–Crippen LogP) is 0.847. The fraction of sp³-hybridized carbons (Fsp3) is 1.00. The van der Waals surface area contributed by atoms with Gasteiger partial charge in [-0.2, -0.15) is 0 Å². The average molecular weight is 272 g/mol. The summed E-state index contributed by atoms with van der Waals surface area (Å²) in [6, 6.07) is 0. The fourth-order valence-corrected chi connectivity index (χ4v) is 1.50. The van der Waals surface area contributed by atoms with Gasteiger partial charge in [0.15, 0.2) is 0 Å². The van der Waals surface area contributed by atoms with E-state index in [4.69, 9.17) is 26.6 Å². The lowest BCUT2D eigenvalue weighted by Gasteiger charge is -2.02. The minimum absolute atomic E-state index is 1.36. The quantitative estimate of drug-likeness (QED) is 0.668. The second kappa shape index (κ2) is 20.6. The largest absolute Gasteiger partial charge is 0.576 e. The van der Waals surface area contributed by atoms with Gasteiger partial charge in [-0.1, -0.05) is 13.8 Å². The maximum Gasteiger partial charge on any atom is 0.576 e. The fourth-order valence-electron chi connectivity index (χ4n) is 0.500. The second-order valence-electron chi connectivity index (χ2n) is 1.72. The van der Waals surface area contributed by atoms with Crippen molar-refractivity contribution in [1.29, 1.82) is 0 Å². The van der Waals surface area contributed by atoms with Crippen molar-refractivity contribution in [3.63, 3.8) is 0 Å². The third kappa shape index (κ3) is 16.6. The lowest BCUT2D eigenvalue weighted by atomic mass is 11.0. The molecule has 16 heavy (non-hydrogen) atoms. The highest BCUT2D eigenvalue weighted by molar-refractivity contribution is 6.36. The maximum absolute atomic E-state index is 4.71. The van der Waals surface area contributed by atoms with Crippen LogP contribution in [0.15, 0.2) is 0 Å². The zero-order valence-corrected chi connectivity index (χ0v) is 13.4. The standard InChI is InChI=1S/2C3H9O3Si.C2H6/c2*1-4-7(5-2)6-3;1-2/h2*1-3H3;1-2H3. The molecule has 0 unspecified atom stereocenters. The van der Waals surface area contributed by atoms with Crippen molar-refractivity contribution in [1.82, 2.24) is 0 Å². The van der Waals surface area contributed by atoms with Crippen molar-refractivity contribution < 1.29 is 26.6 Å². The Labute approximate surface area is 103 Å². The minimum Gasteiger partial charge on any atom is -0.375 e. The molecular weight excluding hydrogens is 248 g/mol. The number of hydrogen-bond acceptors (Lipinski definition) is 6. The van der Waals surface area contributed by atoms with Crippen molar-refractivity contribution in [3.05, 3.63) is 0 Å². The van der Waals surface area contributed by atoms with Crippen LogP contribution in [0.1, 0.15) is 13.8 Å². The molecule has 2 radical (unpaired) electrons. The molecule has 0 aromatic rings. The molecule has 0 saturated heterocycles. The van der Waals surface area contributed by atoms with Crippen molar-refractivity contribution >= 4 is 19.1 Å². The number of rotatable bonds is 6. The summed E-state index contributed by atoms with van der Waals surface area (Å²) in [5.41, 5.74) is 0. The number of hydrogen-bond donors (Lipinski definition) is 0. The van der Waals surface area contributed by atoms with Gasteiger partial charge in [-0.25, -0.2) is 0 Å². The van der Waals surface area contributed by atoms with Crippen LogP contribution >= 0.6 is 0 Å². The summed E-state index contributed by atoms with van der Waals surface area (Å²) in [6.45, 7) is 4.00. The third-order valence-corrected chi connectivity index (χ3v) is 3.00. The molecule has 0 saturated carbocycles. The molecule has 0 atom stereocenters. The van der Waals surface area contributed by atoms with E-state index in [1.165, 1.54) is 0 Å². The molecule has 0 amide bonds. The molecule has 0 heterocycles. The van der Waals surface area contributed by atoms with Crippen LogP contribution in [0.2, 0.25) is 0 Å². The molecule has 0 aromatic heterocycles. The molecule has 100 valence electrons. The Kier molecular flexibility index (Phi) is 27.6. The molecular formula is C8H24O6Si2.